The number of unbranched alkanes of at least 4 members (excludes halogenated alkanes) is 1. The summed E-state index contributed by atoms with van der Waals surface area (Å²) in [6, 6.07) is 4.94. The summed E-state index contributed by atoms with van der Waals surface area (Å²) in [5.74, 6) is -0.710. The zero-order valence-corrected chi connectivity index (χ0v) is 11.9. The Morgan fingerprint density at radius 2 is 2.05 bits per heavy atom. The first kappa shape index (κ1) is 15.6. The van der Waals surface area contributed by atoms with Crippen LogP contribution in [0.2, 0.25) is 0 Å². The molecule has 0 N–H and O–H groups in total. The van der Waals surface area contributed by atoms with E-state index < -0.39 is 15.8 Å². The number of nitrogens with zero attached hydrogens (tertiary/aromatic N) is 2. The number of hydrogen-bond donors (Lipinski definition) is 0. The Bertz CT molecular complexity index is 579. The van der Waals surface area contributed by atoms with Crippen molar-refractivity contribution in [1.29, 1.82) is 5.26 Å². The number of rotatable bonds is 6. The van der Waals surface area contributed by atoms with Crippen molar-refractivity contribution >= 4 is 10.0 Å². The Balaban J connectivity index is 3.15. The highest BCUT2D eigenvalue weighted by Crippen LogP contribution is 2.19. The van der Waals surface area contributed by atoms with Gasteiger partial charge in [-0.1, -0.05) is 20.3 Å². The Hall–Kier alpha value is -1.45. The zero-order valence-electron chi connectivity index (χ0n) is 11.1. The predicted molar refractivity (Wildman–Crippen MR) is 70.5 cm³/mol. The zero-order chi connectivity index (χ0) is 14.5. The molecule has 0 bridgehead atoms. The molecule has 1 rings (SSSR count). The molecule has 0 aliphatic carbocycles. The molecular formula is C13H17FN2O2S. The van der Waals surface area contributed by atoms with E-state index in [-0.39, 0.29) is 10.5 Å². The maximum absolute atomic E-state index is 13.2. The first-order valence-electron chi connectivity index (χ1n) is 6.17. The number of nitriles is 1. The lowest BCUT2D eigenvalue weighted by molar-refractivity contribution is 0.419. The molecule has 19 heavy (non-hydrogen) atoms. The third kappa shape index (κ3) is 3.52. The van der Waals surface area contributed by atoms with E-state index in [1.165, 1.54) is 10.4 Å². The van der Waals surface area contributed by atoms with Gasteiger partial charge in [0, 0.05) is 13.1 Å². The molecule has 1 aromatic carbocycles. The van der Waals surface area contributed by atoms with Crippen LogP contribution in [-0.4, -0.2) is 25.8 Å². The van der Waals surface area contributed by atoms with E-state index in [2.05, 4.69) is 0 Å². The third-order valence-corrected chi connectivity index (χ3v) is 4.78. The summed E-state index contributed by atoms with van der Waals surface area (Å²) in [5, 5.41) is 8.75. The lowest BCUT2D eigenvalue weighted by Crippen LogP contribution is -2.31. The first-order chi connectivity index (χ1) is 8.97. The van der Waals surface area contributed by atoms with Gasteiger partial charge in [-0.25, -0.2) is 12.8 Å². The topological polar surface area (TPSA) is 61.2 Å². The van der Waals surface area contributed by atoms with Gasteiger partial charge in [-0.2, -0.15) is 9.57 Å². The van der Waals surface area contributed by atoms with E-state index in [0.717, 1.165) is 25.0 Å². The third-order valence-electron chi connectivity index (χ3n) is 2.81. The van der Waals surface area contributed by atoms with Gasteiger partial charge in [0.05, 0.1) is 10.5 Å². The molecule has 0 spiro atoms. The molecular weight excluding hydrogens is 267 g/mol. The molecule has 0 saturated heterocycles. The lowest BCUT2D eigenvalue weighted by Gasteiger charge is -2.20. The fraction of sp³-hybridized carbons (Fsp3) is 0.462. The monoisotopic (exact) mass is 284 g/mol. The summed E-state index contributed by atoms with van der Waals surface area (Å²) in [6.07, 6.45) is 1.65. The molecule has 0 amide bonds. The van der Waals surface area contributed by atoms with Crippen LogP contribution in [0.25, 0.3) is 0 Å². The van der Waals surface area contributed by atoms with Gasteiger partial charge in [-0.3, -0.25) is 0 Å². The van der Waals surface area contributed by atoms with Gasteiger partial charge in [0.1, 0.15) is 11.9 Å². The molecule has 0 heterocycles. The molecule has 104 valence electrons. The van der Waals surface area contributed by atoms with Crippen molar-refractivity contribution in [1.82, 2.24) is 4.31 Å². The van der Waals surface area contributed by atoms with E-state index in [4.69, 9.17) is 5.26 Å². The molecule has 1 aromatic rings. The molecule has 0 saturated carbocycles. The van der Waals surface area contributed by atoms with Gasteiger partial charge in [-0.15, -0.1) is 0 Å². The summed E-state index contributed by atoms with van der Waals surface area (Å²) in [6.45, 7) is 4.50. The smallest absolute Gasteiger partial charge is 0.207 e. The largest absolute Gasteiger partial charge is 0.243 e. The van der Waals surface area contributed by atoms with Crippen LogP contribution in [0, 0.1) is 17.1 Å². The SMILES string of the molecule is CCCCN(CC)S(=O)(=O)c1ccc(F)c(C#N)c1. The van der Waals surface area contributed by atoms with E-state index in [1.54, 1.807) is 13.0 Å². The average molecular weight is 284 g/mol. The Morgan fingerprint density at radius 3 is 2.58 bits per heavy atom. The van der Waals surface area contributed by atoms with Gasteiger partial charge in [0.25, 0.3) is 0 Å². The molecule has 0 radical (unpaired) electrons. The number of sulfonamides is 1. The fourth-order valence-corrected chi connectivity index (χ4v) is 3.20. The minimum atomic E-state index is -3.66. The first-order valence-corrected chi connectivity index (χ1v) is 7.61. The van der Waals surface area contributed by atoms with Crippen molar-refractivity contribution < 1.29 is 12.8 Å². The van der Waals surface area contributed by atoms with Gasteiger partial charge < -0.3 is 0 Å². The van der Waals surface area contributed by atoms with E-state index in [0.29, 0.717) is 13.1 Å². The van der Waals surface area contributed by atoms with Crippen molar-refractivity contribution in [3.05, 3.63) is 29.6 Å². The molecule has 0 unspecified atom stereocenters. The molecule has 0 aromatic heterocycles. The van der Waals surface area contributed by atoms with Crippen LogP contribution < -0.4 is 0 Å². The highest BCUT2D eigenvalue weighted by atomic mass is 32.2. The van der Waals surface area contributed by atoms with Crippen molar-refractivity contribution in [2.45, 2.75) is 31.6 Å². The normalized spacial score (nSPS) is 11.5. The molecule has 0 aliphatic heterocycles. The number of halogens is 1. The summed E-state index contributed by atoms with van der Waals surface area (Å²) in [5.41, 5.74) is -0.257. The summed E-state index contributed by atoms with van der Waals surface area (Å²) in [7, 11) is -3.66. The van der Waals surface area contributed by atoms with Crippen LogP contribution in [-0.2, 0) is 10.0 Å². The molecule has 6 heteroatoms. The van der Waals surface area contributed by atoms with E-state index in [1.807, 2.05) is 6.92 Å². The van der Waals surface area contributed by atoms with Crippen LogP contribution in [0.3, 0.4) is 0 Å². The van der Waals surface area contributed by atoms with Crippen LogP contribution in [0.4, 0.5) is 4.39 Å². The molecule has 0 fully saturated rings. The van der Waals surface area contributed by atoms with Crippen LogP contribution in [0.5, 0.6) is 0 Å². The quantitative estimate of drug-likeness (QED) is 0.806. The van der Waals surface area contributed by atoms with Crippen LogP contribution in [0.1, 0.15) is 32.3 Å². The number of benzene rings is 1. The second kappa shape index (κ2) is 6.64. The van der Waals surface area contributed by atoms with Crippen molar-refractivity contribution in [3.63, 3.8) is 0 Å². The van der Waals surface area contributed by atoms with Crippen molar-refractivity contribution in [3.8, 4) is 6.07 Å². The fourth-order valence-electron chi connectivity index (χ4n) is 1.68. The maximum Gasteiger partial charge on any atom is 0.243 e. The second-order valence-corrected chi connectivity index (χ2v) is 6.04. The highest BCUT2D eigenvalue weighted by molar-refractivity contribution is 7.89. The highest BCUT2D eigenvalue weighted by Gasteiger charge is 2.23. The Labute approximate surface area is 113 Å². The number of hydrogen-bond acceptors (Lipinski definition) is 3. The van der Waals surface area contributed by atoms with Crippen LogP contribution >= 0.6 is 0 Å². The summed E-state index contributed by atoms with van der Waals surface area (Å²) >= 11 is 0. The van der Waals surface area contributed by atoms with E-state index in [9.17, 15) is 12.8 Å². The van der Waals surface area contributed by atoms with Gasteiger partial charge >= 0.3 is 0 Å². The van der Waals surface area contributed by atoms with E-state index >= 15 is 0 Å². The molecule has 0 atom stereocenters. The molecule has 0 aliphatic rings. The predicted octanol–water partition coefficient (Wildman–Crippen LogP) is 2.51. The minimum Gasteiger partial charge on any atom is -0.207 e. The van der Waals surface area contributed by atoms with Crippen LogP contribution in [0.15, 0.2) is 23.1 Å². The minimum absolute atomic E-state index is 0.0385. The Kier molecular flexibility index (Phi) is 5.45. The van der Waals surface area contributed by atoms with Crippen molar-refractivity contribution in [2.24, 2.45) is 0 Å². The Morgan fingerprint density at radius 1 is 1.37 bits per heavy atom. The van der Waals surface area contributed by atoms with Gasteiger partial charge in [-0.05, 0) is 24.6 Å². The maximum atomic E-state index is 13.2. The summed E-state index contributed by atoms with van der Waals surface area (Å²) < 4.78 is 39.2. The summed E-state index contributed by atoms with van der Waals surface area (Å²) in [4.78, 5) is -0.0385. The second-order valence-electron chi connectivity index (χ2n) is 4.10. The molecule has 4 nitrogen and oxygen atoms in total. The lowest BCUT2D eigenvalue weighted by atomic mass is 10.2. The van der Waals surface area contributed by atoms with Gasteiger partial charge in [0.2, 0.25) is 10.0 Å². The average Bonchev–Trinajstić information content (AvgIpc) is 2.39. The standard InChI is InChI=1S/C13H17FN2O2S/c1-3-5-8-16(4-2)19(17,18)12-6-7-13(14)11(9-12)10-15/h6-7,9H,3-5,8H2,1-2H3. The van der Waals surface area contributed by atoms with Gasteiger partial charge in [0.15, 0.2) is 0 Å². The van der Waals surface area contributed by atoms with Crippen molar-refractivity contribution in [2.75, 3.05) is 13.1 Å².